The van der Waals surface area contributed by atoms with E-state index in [9.17, 15) is 9.90 Å². The highest BCUT2D eigenvalue weighted by Gasteiger charge is 2.32. The third kappa shape index (κ3) is 3.47. The molecule has 0 aromatic carbocycles. The molecule has 90 valence electrons. The van der Waals surface area contributed by atoms with Gasteiger partial charge in [0.25, 0.3) is 0 Å². The molecule has 0 heterocycles. The number of ketones is 1. The van der Waals surface area contributed by atoms with E-state index in [-0.39, 0.29) is 17.0 Å². The Bertz CT molecular complexity index is 327. The zero-order valence-corrected chi connectivity index (χ0v) is 10.4. The summed E-state index contributed by atoms with van der Waals surface area (Å²) in [7, 11) is 0. The van der Waals surface area contributed by atoms with Crippen LogP contribution < -0.4 is 0 Å². The van der Waals surface area contributed by atoms with Crippen molar-refractivity contribution in [3.63, 3.8) is 0 Å². The number of unbranched alkanes of at least 4 members (excludes halogenated alkanes) is 1. The predicted molar refractivity (Wildman–Crippen MR) is 65.9 cm³/mol. The van der Waals surface area contributed by atoms with Crippen LogP contribution in [0, 0.1) is 5.41 Å². The normalized spacial score (nSPS) is 20.8. The van der Waals surface area contributed by atoms with E-state index in [1.54, 1.807) is 6.21 Å². The molecule has 3 nitrogen and oxygen atoms in total. The maximum Gasteiger partial charge on any atom is 0.168 e. The molecule has 3 heteroatoms. The fourth-order valence-electron chi connectivity index (χ4n) is 1.85. The molecule has 0 saturated heterocycles. The van der Waals surface area contributed by atoms with E-state index in [0.717, 1.165) is 19.4 Å². The lowest BCUT2D eigenvalue weighted by Crippen LogP contribution is -2.26. The smallest absolute Gasteiger partial charge is 0.168 e. The first-order valence-corrected chi connectivity index (χ1v) is 5.91. The van der Waals surface area contributed by atoms with Crippen molar-refractivity contribution in [2.45, 2.75) is 46.5 Å². The Morgan fingerprint density at radius 1 is 1.44 bits per heavy atom. The Morgan fingerprint density at radius 2 is 2.12 bits per heavy atom. The summed E-state index contributed by atoms with van der Waals surface area (Å²) < 4.78 is 0. The quantitative estimate of drug-likeness (QED) is 0.588. The van der Waals surface area contributed by atoms with Crippen LogP contribution in [0.5, 0.6) is 0 Å². The zero-order valence-electron chi connectivity index (χ0n) is 10.4. The summed E-state index contributed by atoms with van der Waals surface area (Å²) in [5, 5.41) is 9.80. The van der Waals surface area contributed by atoms with Gasteiger partial charge in [-0.05, 0) is 11.8 Å². The number of hydrogen-bond acceptors (Lipinski definition) is 3. The minimum atomic E-state index is -0.123. The number of nitrogens with zero attached hydrogens (tertiary/aromatic N) is 1. The topological polar surface area (TPSA) is 49.7 Å². The molecule has 1 aliphatic rings. The van der Waals surface area contributed by atoms with Crippen LogP contribution in [0.3, 0.4) is 0 Å². The molecule has 0 bridgehead atoms. The summed E-state index contributed by atoms with van der Waals surface area (Å²) in [4.78, 5) is 15.9. The fourth-order valence-corrected chi connectivity index (χ4v) is 1.85. The van der Waals surface area contributed by atoms with Gasteiger partial charge in [0.05, 0.1) is 5.57 Å². The number of hydrogen-bond donors (Lipinski definition) is 1. The highest BCUT2D eigenvalue weighted by molar-refractivity contribution is 6.14. The molecule has 0 saturated carbocycles. The van der Waals surface area contributed by atoms with Gasteiger partial charge in [-0.15, -0.1) is 0 Å². The summed E-state index contributed by atoms with van der Waals surface area (Å²) in [5.74, 6) is 0.204. The van der Waals surface area contributed by atoms with Gasteiger partial charge >= 0.3 is 0 Å². The summed E-state index contributed by atoms with van der Waals surface area (Å²) >= 11 is 0. The molecule has 1 N–H and O–H groups in total. The zero-order chi connectivity index (χ0) is 12.2. The van der Waals surface area contributed by atoms with Gasteiger partial charge in [-0.1, -0.05) is 27.2 Å². The molecule has 0 fully saturated rings. The minimum absolute atomic E-state index is 0.00833. The molecular weight excluding hydrogens is 202 g/mol. The molecule has 1 aliphatic carbocycles. The molecule has 16 heavy (non-hydrogen) atoms. The van der Waals surface area contributed by atoms with Crippen molar-refractivity contribution in [3.8, 4) is 0 Å². The van der Waals surface area contributed by atoms with Crippen LogP contribution >= 0.6 is 0 Å². The number of Topliss-reactive ketones (excluding diaryl/α,β-unsaturated/α-hetero) is 1. The number of aliphatic imine (C=N–C) groups is 1. The second kappa shape index (κ2) is 5.28. The van der Waals surface area contributed by atoms with Gasteiger partial charge in [-0.3, -0.25) is 9.79 Å². The van der Waals surface area contributed by atoms with E-state index < -0.39 is 0 Å². The standard InChI is InChI=1S/C13H21NO2/c1-4-5-6-14-9-10-11(15)7-13(2,3)8-12(10)16/h9,15H,4-8H2,1-3H3. The molecule has 0 spiro atoms. The van der Waals surface area contributed by atoms with Crippen molar-refractivity contribution in [1.29, 1.82) is 0 Å². The number of aliphatic hydroxyl groups excluding tert-OH is 1. The highest BCUT2D eigenvalue weighted by atomic mass is 16.3. The first-order valence-electron chi connectivity index (χ1n) is 5.91. The summed E-state index contributed by atoms with van der Waals surface area (Å²) in [6.07, 6.45) is 4.70. The third-order valence-electron chi connectivity index (χ3n) is 2.76. The summed E-state index contributed by atoms with van der Waals surface area (Å²) in [6.45, 7) is 6.81. The molecular formula is C13H21NO2. The van der Waals surface area contributed by atoms with Crippen molar-refractivity contribution in [2.24, 2.45) is 10.4 Å². The molecule has 0 aromatic rings. The van der Waals surface area contributed by atoms with Crippen molar-refractivity contribution in [3.05, 3.63) is 11.3 Å². The maximum absolute atomic E-state index is 11.8. The first kappa shape index (κ1) is 12.9. The van der Waals surface area contributed by atoms with Gasteiger partial charge in [-0.2, -0.15) is 0 Å². The second-order valence-electron chi connectivity index (χ2n) is 5.19. The van der Waals surface area contributed by atoms with Gasteiger partial charge in [0.1, 0.15) is 5.76 Å². The Morgan fingerprint density at radius 3 is 2.69 bits per heavy atom. The van der Waals surface area contributed by atoms with Crippen LogP contribution in [-0.4, -0.2) is 23.6 Å². The number of carbonyl (C=O) groups is 1. The SMILES string of the molecule is CCCCN=CC1=C(O)CC(C)(C)CC1=O. The van der Waals surface area contributed by atoms with Crippen LogP contribution in [0.1, 0.15) is 46.5 Å². The van der Waals surface area contributed by atoms with E-state index >= 15 is 0 Å². The Kier molecular flexibility index (Phi) is 4.27. The van der Waals surface area contributed by atoms with Gasteiger partial charge in [0.15, 0.2) is 5.78 Å². The van der Waals surface area contributed by atoms with E-state index in [1.807, 2.05) is 13.8 Å². The van der Waals surface area contributed by atoms with Gasteiger partial charge < -0.3 is 5.11 Å². The predicted octanol–water partition coefficient (Wildman–Crippen LogP) is 3.06. The lowest BCUT2D eigenvalue weighted by molar-refractivity contribution is -0.117. The summed E-state index contributed by atoms with van der Waals surface area (Å²) in [6, 6.07) is 0. The number of carbonyl (C=O) groups excluding carboxylic acids is 1. The monoisotopic (exact) mass is 223 g/mol. The van der Waals surface area contributed by atoms with Crippen molar-refractivity contribution in [1.82, 2.24) is 0 Å². The van der Waals surface area contributed by atoms with Gasteiger partial charge in [0, 0.05) is 25.6 Å². The van der Waals surface area contributed by atoms with Crippen LogP contribution in [0.2, 0.25) is 0 Å². The molecule has 0 amide bonds. The lowest BCUT2D eigenvalue weighted by Gasteiger charge is -2.28. The van der Waals surface area contributed by atoms with Gasteiger partial charge in [-0.25, -0.2) is 0 Å². The fraction of sp³-hybridized carbons (Fsp3) is 0.692. The van der Waals surface area contributed by atoms with Crippen molar-refractivity contribution >= 4 is 12.0 Å². The van der Waals surface area contributed by atoms with E-state index in [0.29, 0.717) is 18.4 Å². The van der Waals surface area contributed by atoms with Crippen molar-refractivity contribution in [2.75, 3.05) is 6.54 Å². The average Bonchev–Trinajstić information content (AvgIpc) is 2.13. The highest BCUT2D eigenvalue weighted by Crippen LogP contribution is 2.35. The molecule has 0 aromatic heterocycles. The number of allylic oxidation sites excluding steroid dienone is 2. The van der Waals surface area contributed by atoms with Crippen LogP contribution in [0.4, 0.5) is 0 Å². The lowest BCUT2D eigenvalue weighted by atomic mass is 9.77. The average molecular weight is 223 g/mol. The Balaban J connectivity index is 2.71. The molecule has 0 atom stereocenters. The molecule has 0 unspecified atom stereocenters. The minimum Gasteiger partial charge on any atom is -0.511 e. The van der Waals surface area contributed by atoms with E-state index in [1.165, 1.54) is 0 Å². The van der Waals surface area contributed by atoms with E-state index in [2.05, 4.69) is 11.9 Å². The summed E-state index contributed by atoms with van der Waals surface area (Å²) in [5.41, 5.74) is 0.289. The molecule has 1 rings (SSSR count). The number of rotatable bonds is 4. The maximum atomic E-state index is 11.8. The Hall–Kier alpha value is -1.12. The first-order chi connectivity index (χ1) is 7.46. The second-order valence-corrected chi connectivity index (χ2v) is 5.19. The number of aliphatic hydroxyl groups is 1. The van der Waals surface area contributed by atoms with Crippen molar-refractivity contribution < 1.29 is 9.90 Å². The third-order valence-corrected chi connectivity index (χ3v) is 2.76. The van der Waals surface area contributed by atoms with E-state index in [4.69, 9.17) is 0 Å². The van der Waals surface area contributed by atoms with Crippen LogP contribution in [0.15, 0.2) is 16.3 Å². The van der Waals surface area contributed by atoms with Crippen LogP contribution in [-0.2, 0) is 4.79 Å². The van der Waals surface area contributed by atoms with Crippen LogP contribution in [0.25, 0.3) is 0 Å². The largest absolute Gasteiger partial charge is 0.511 e. The molecule has 0 radical (unpaired) electrons. The Labute approximate surface area is 97.3 Å². The molecule has 0 aliphatic heterocycles. The van der Waals surface area contributed by atoms with Gasteiger partial charge in [0.2, 0.25) is 0 Å².